The van der Waals surface area contributed by atoms with Crippen LogP contribution in [0.25, 0.3) is 0 Å². The van der Waals surface area contributed by atoms with Gasteiger partial charge in [-0.3, -0.25) is 0 Å². The maximum Gasteiger partial charge on any atom is 0.126 e. The molecule has 0 aliphatic carbocycles. The van der Waals surface area contributed by atoms with Crippen LogP contribution < -0.4 is 5.32 Å². The molecule has 1 aliphatic rings. The molecule has 0 amide bonds. The molecule has 1 heterocycles. The molecule has 0 saturated carbocycles. The quantitative estimate of drug-likeness (QED) is 0.888. The van der Waals surface area contributed by atoms with Gasteiger partial charge < -0.3 is 10.2 Å². The Labute approximate surface area is 107 Å². The van der Waals surface area contributed by atoms with Gasteiger partial charge in [-0.15, -0.1) is 0 Å². The van der Waals surface area contributed by atoms with Crippen LogP contribution in [-0.2, 0) is 6.42 Å². The fourth-order valence-electron chi connectivity index (χ4n) is 2.43. The highest BCUT2D eigenvalue weighted by molar-refractivity contribution is 5.18. The SMILES string of the molecule is CC1CNCCN(CCc2cc(F)cc(F)c2)C1. The fraction of sp³-hybridized carbons (Fsp3) is 0.571. The number of nitrogens with one attached hydrogen (secondary N) is 1. The third-order valence-electron chi connectivity index (χ3n) is 3.31. The van der Waals surface area contributed by atoms with Gasteiger partial charge in [-0.1, -0.05) is 6.92 Å². The minimum atomic E-state index is -0.490. The zero-order chi connectivity index (χ0) is 13.0. The molecule has 1 aromatic rings. The Kier molecular flexibility index (Phi) is 4.66. The second-order valence-electron chi connectivity index (χ2n) is 5.14. The second kappa shape index (κ2) is 6.25. The number of hydrogen-bond acceptors (Lipinski definition) is 2. The van der Waals surface area contributed by atoms with E-state index in [4.69, 9.17) is 0 Å². The van der Waals surface area contributed by atoms with Crippen molar-refractivity contribution >= 4 is 0 Å². The van der Waals surface area contributed by atoms with E-state index >= 15 is 0 Å². The summed E-state index contributed by atoms with van der Waals surface area (Å²) >= 11 is 0. The van der Waals surface area contributed by atoms with Crippen molar-refractivity contribution in [2.24, 2.45) is 5.92 Å². The summed E-state index contributed by atoms with van der Waals surface area (Å²) in [6, 6.07) is 3.76. The predicted octanol–water partition coefficient (Wildman–Crippen LogP) is 2.05. The Balaban J connectivity index is 1.89. The summed E-state index contributed by atoms with van der Waals surface area (Å²) in [5.74, 6) is -0.358. The van der Waals surface area contributed by atoms with Crippen molar-refractivity contribution in [3.8, 4) is 0 Å². The highest BCUT2D eigenvalue weighted by atomic mass is 19.1. The van der Waals surface area contributed by atoms with Crippen molar-refractivity contribution in [1.29, 1.82) is 0 Å². The molecule has 2 nitrogen and oxygen atoms in total. The van der Waals surface area contributed by atoms with Gasteiger partial charge in [0.1, 0.15) is 11.6 Å². The molecule has 0 radical (unpaired) electrons. The van der Waals surface area contributed by atoms with E-state index in [-0.39, 0.29) is 0 Å². The fourth-order valence-corrected chi connectivity index (χ4v) is 2.43. The molecule has 1 aromatic carbocycles. The molecule has 0 aromatic heterocycles. The van der Waals surface area contributed by atoms with Gasteiger partial charge in [0, 0.05) is 32.2 Å². The van der Waals surface area contributed by atoms with Crippen molar-refractivity contribution in [3.63, 3.8) is 0 Å². The summed E-state index contributed by atoms with van der Waals surface area (Å²) in [6.07, 6.45) is 0.696. The van der Waals surface area contributed by atoms with Gasteiger partial charge in [0.05, 0.1) is 0 Å². The first-order chi connectivity index (χ1) is 8.63. The summed E-state index contributed by atoms with van der Waals surface area (Å²) in [6.45, 7) is 7.15. The van der Waals surface area contributed by atoms with Crippen LogP contribution in [-0.4, -0.2) is 37.6 Å². The number of halogens is 2. The van der Waals surface area contributed by atoms with Crippen LogP contribution in [0.3, 0.4) is 0 Å². The second-order valence-corrected chi connectivity index (χ2v) is 5.14. The van der Waals surface area contributed by atoms with Crippen molar-refractivity contribution in [1.82, 2.24) is 10.2 Å². The predicted molar refractivity (Wildman–Crippen MR) is 68.5 cm³/mol. The third kappa shape index (κ3) is 4.03. The van der Waals surface area contributed by atoms with E-state index in [1.165, 1.54) is 12.1 Å². The smallest absolute Gasteiger partial charge is 0.126 e. The van der Waals surface area contributed by atoms with Gasteiger partial charge >= 0.3 is 0 Å². The Morgan fingerprint density at radius 3 is 2.72 bits per heavy atom. The Bertz CT molecular complexity index is 375. The highest BCUT2D eigenvalue weighted by Crippen LogP contribution is 2.10. The van der Waals surface area contributed by atoms with Crippen LogP contribution in [0.1, 0.15) is 12.5 Å². The molecule has 1 fully saturated rings. The first kappa shape index (κ1) is 13.4. The summed E-state index contributed by atoms with van der Waals surface area (Å²) in [5.41, 5.74) is 0.734. The van der Waals surface area contributed by atoms with Crippen LogP contribution in [0.15, 0.2) is 18.2 Å². The molecule has 18 heavy (non-hydrogen) atoms. The van der Waals surface area contributed by atoms with E-state index < -0.39 is 11.6 Å². The largest absolute Gasteiger partial charge is 0.315 e. The van der Waals surface area contributed by atoms with Gasteiger partial charge in [0.2, 0.25) is 0 Å². The van der Waals surface area contributed by atoms with Gasteiger partial charge in [-0.25, -0.2) is 8.78 Å². The van der Waals surface area contributed by atoms with E-state index in [2.05, 4.69) is 17.1 Å². The van der Waals surface area contributed by atoms with E-state index in [0.29, 0.717) is 12.3 Å². The topological polar surface area (TPSA) is 15.3 Å². The minimum Gasteiger partial charge on any atom is -0.315 e. The average molecular weight is 254 g/mol. The molecule has 1 aliphatic heterocycles. The van der Waals surface area contributed by atoms with E-state index in [1.54, 1.807) is 0 Å². The van der Waals surface area contributed by atoms with Crippen LogP contribution in [0.5, 0.6) is 0 Å². The Morgan fingerprint density at radius 1 is 1.28 bits per heavy atom. The van der Waals surface area contributed by atoms with E-state index in [0.717, 1.165) is 44.4 Å². The highest BCUT2D eigenvalue weighted by Gasteiger charge is 2.14. The molecule has 1 unspecified atom stereocenters. The first-order valence-corrected chi connectivity index (χ1v) is 6.51. The maximum atomic E-state index is 13.1. The Morgan fingerprint density at radius 2 is 2.00 bits per heavy atom. The maximum absolute atomic E-state index is 13.1. The van der Waals surface area contributed by atoms with Gasteiger partial charge in [0.15, 0.2) is 0 Å². The van der Waals surface area contributed by atoms with Gasteiger partial charge in [-0.2, -0.15) is 0 Å². The van der Waals surface area contributed by atoms with Crippen LogP contribution in [0.2, 0.25) is 0 Å². The number of benzene rings is 1. The molecule has 1 saturated heterocycles. The zero-order valence-corrected chi connectivity index (χ0v) is 10.8. The zero-order valence-electron chi connectivity index (χ0n) is 10.8. The van der Waals surface area contributed by atoms with Crippen molar-refractivity contribution in [3.05, 3.63) is 35.4 Å². The lowest BCUT2D eigenvalue weighted by atomic mass is 10.1. The normalized spacial score (nSPS) is 21.8. The third-order valence-corrected chi connectivity index (χ3v) is 3.31. The number of rotatable bonds is 3. The summed E-state index contributed by atoms with van der Waals surface area (Å²) in [5, 5.41) is 3.38. The molecule has 0 bridgehead atoms. The summed E-state index contributed by atoms with van der Waals surface area (Å²) in [4.78, 5) is 2.35. The van der Waals surface area contributed by atoms with Gasteiger partial charge in [-0.05, 0) is 36.6 Å². The lowest BCUT2D eigenvalue weighted by molar-refractivity contribution is 0.268. The molecule has 2 rings (SSSR count). The van der Waals surface area contributed by atoms with E-state index in [1.807, 2.05) is 0 Å². The first-order valence-electron chi connectivity index (χ1n) is 6.51. The van der Waals surface area contributed by atoms with Crippen LogP contribution >= 0.6 is 0 Å². The molecular formula is C14H20F2N2. The molecule has 4 heteroatoms. The number of hydrogen-bond donors (Lipinski definition) is 1. The molecule has 1 N–H and O–H groups in total. The summed E-state index contributed by atoms with van der Waals surface area (Å²) < 4.78 is 26.1. The molecule has 100 valence electrons. The molecular weight excluding hydrogens is 234 g/mol. The van der Waals surface area contributed by atoms with E-state index in [9.17, 15) is 8.78 Å². The lowest BCUT2D eigenvalue weighted by Crippen LogP contribution is -2.31. The van der Waals surface area contributed by atoms with Gasteiger partial charge in [0.25, 0.3) is 0 Å². The lowest BCUT2D eigenvalue weighted by Gasteiger charge is -2.21. The monoisotopic (exact) mass is 254 g/mol. The Hall–Kier alpha value is -1.00. The van der Waals surface area contributed by atoms with Crippen molar-refractivity contribution in [2.45, 2.75) is 13.3 Å². The average Bonchev–Trinajstić information content (AvgIpc) is 2.50. The van der Waals surface area contributed by atoms with Crippen molar-refractivity contribution in [2.75, 3.05) is 32.7 Å². The molecule has 1 atom stereocenters. The van der Waals surface area contributed by atoms with Crippen LogP contribution in [0.4, 0.5) is 8.78 Å². The number of nitrogens with zero attached hydrogens (tertiary/aromatic N) is 1. The molecule has 0 spiro atoms. The summed E-state index contributed by atoms with van der Waals surface area (Å²) in [7, 11) is 0. The van der Waals surface area contributed by atoms with Crippen LogP contribution in [0, 0.1) is 17.6 Å². The standard InChI is InChI=1S/C14H20F2N2/c1-11-9-17-3-5-18(10-11)4-2-12-6-13(15)8-14(16)7-12/h6-8,11,17H,2-5,9-10H2,1H3. The minimum absolute atomic E-state index is 0.490. The van der Waals surface area contributed by atoms with Crippen molar-refractivity contribution < 1.29 is 8.78 Å².